The second kappa shape index (κ2) is 12.7. The molecule has 0 saturated heterocycles. The highest BCUT2D eigenvalue weighted by Gasteiger charge is 2.86. The third-order valence-corrected chi connectivity index (χ3v) is 9.12. The zero-order chi connectivity index (χ0) is 36.8. The summed E-state index contributed by atoms with van der Waals surface area (Å²) in [5, 5.41) is -7.12. The third kappa shape index (κ3) is 6.26. The average Bonchev–Trinajstić information content (AvgIpc) is 3.11. The minimum absolute atomic E-state index is 0.141. The van der Waals surface area contributed by atoms with Crippen molar-refractivity contribution in [3.05, 3.63) is 127 Å². The van der Waals surface area contributed by atoms with E-state index < -0.39 is 39.1 Å². The van der Waals surface area contributed by atoms with Gasteiger partial charge in [0.15, 0.2) is 11.6 Å². The number of benzene rings is 5. The Kier molecular flexibility index (Phi) is 8.82. The van der Waals surface area contributed by atoms with Crippen molar-refractivity contribution in [2.45, 2.75) is 23.3 Å². The number of aromatic nitrogens is 2. The van der Waals surface area contributed by atoms with Crippen LogP contribution in [0.2, 0.25) is 0 Å². The van der Waals surface area contributed by atoms with Crippen LogP contribution in [0.5, 0.6) is 5.75 Å². The number of hydrogen-bond acceptors (Lipinski definition) is 5. The topological polar surface area (TPSA) is 69.2 Å². The highest BCUT2D eigenvalue weighted by molar-refractivity contribution is 7.88. The lowest BCUT2D eigenvalue weighted by Crippen LogP contribution is -2.63. The van der Waals surface area contributed by atoms with Crippen molar-refractivity contribution in [3.8, 4) is 50.8 Å². The van der Waals surface area contributed by atoms with Crippen molar-refractivity contribution in [1.29, 1.82) is 0 Å². The average molecular weight is 733 g/mol. The number of nitrogens with zero attached hydrogens (tertiary/aromatic N) is 2. The van der Waals surface area contributed by atoms with Gasteiger partial charge >= 0.3 is 33.4 Å². The van der Waals surface area contributed by atoms with E-state index in [0.29, 0.717) is 33.9 Å². The van der Waals surface area contributed by atoms with Crippen molar-refractivity contribution >= 4 is 20.9 Å². The summed E-state index contributed by atoms with van der Waals surface area (Å²) >= 11 is 0. The molecule has 0 aliphatic rings. The number of rotatable bonds is 9. The Balaban J connectivity index is 1.36. The molecule has 0 atom stereocenters. The summed E-state index contributed by atoms with van der Waals surface area (Å²) in [6.07, 6.45) is -7.21. The predicted octanol–water partition coefficient (Wildman–Crippen LogP) is 10.4. The molecule has 0 aliphatic heterocycles. The van der Waals surface area contributed by atoms with E-state index in [0.717, 1.165) is 23.3 Å². The third-order valence-electron chi connectivity index (χ3n) is 7.83. The Morgan fingerprint density at radius 2 is 0.961 bits per heavy atom. The minimum atomic E-state index is -7.43. The van der Waals surface area contributed by atoms with Crippen LogP contribution in [0.25, 0.3) is 55.8 Å². The fraction of sp³-hybridized carbons (Fsp3) is 0.111. The molecule has 262 valence electrons. The number of hydrogen-bond donors (Lipinski definition) is 0. The van der Waals surface area contributed by atoms with Crippen LogP contribution < -0.4 is 4.18 Å². The molecule has 0 radical (unpaired) electrons. The molecule has 0 spiro atoms. The van der Waals surface area contributed by atoms with Gasteiger partial charge in [-0.2, -0.15) is 47.9 Å². The van der Waals surface area contributed by atoms with Crippen LogP contribution in [-0.4, -0.2) is 41.7 Å². The first kappa shape index (κ1) is 35.4. The Hall–Kier alpha value is -5.44. The molecule has 1 heterocycles. The van der Waals surface area contributed by atoms with Crippen LogP contribution in [0.1, 0.15) is 0 Å². The van der Waals surface area contributed by atoms with Crippen LogP contribution >= 0.6 is 0 Å². The molecule has 5 aromatic carbocycles. The van der Waals surface area contributed by atoms with Crippen molar-refractivity contribution in [2.24, 2.45) is 0 Å². The maximum absolute atomic E-state index is 14.4. The van der Waals surface area contributed by atoms with Crippen LogP contribution in [-0.2, 0) is 10.1 Å². The number of fused-ring (bicyclic) bond motifs is 1. The molecular weight excluding hydrogens is 711 g/mol. The van der Waals surface area contributed by atoms with E-state index >= 15 is 0 Å². The lowest BCUT2D eigenvalue weighted by atomic mass is 9.97. The highest BCUT2D eigenvalue weighted by Crippen LogP contribution is 2.55. The highest BCUT2D eigenvalue weighted by atomic mass is 32.2. The fourth-order valence-corrected chi connectivity index (χ4v) is 6.10. The molecule has 0 bridgehead atoms. The molecule has 5 nitrogen and oxygen atoms in total. The van der Waals surface area contributed by atoms with E-state index in [1.807, 2.05) is 66.7 Å². The molecular formula is C36H21F9N2O3S. The van der Waals surface area contributed by atoms with E-state index in [1.54, 1.807) is 24.3 Å². The quantitative estimate of drug-likeness (QED) is 0.109. The zero-order valence-electron chi connectivity index (χ0n) is 25.6. The molecule has 51 heavy (non-hydrogen) atoms. The molecule has 1 aromatic heterocycles. The molecule has 0 N–H and O–H groups in total. The van der Waals surface area contributed by atoms with E-state index in [1.165, 1.54) is 24.3 Å². The lowest BCUT2D eigenvalue weighted by molar-refractivity contribution is -0.382. The van der Waals surface area contributed by atoms with Gasteiger partial charge in [-0.3, -0.25) is 0 Å². The first-order valence-corrected chi connectivity index (χ1v) is 16.1. The maximum atomic E-state index is 14.4. The summed E-state index contributed by atoms with van der Waals surface area (Å²) in [7, 11) is -7.14. The van der Waals surface area contributed by atoms with Crippen molar-refractivity contribution < 1.29 is 52.1 Å². The molecule has 15 heteroatoms. The zero-order valence-corrected chi connectivity index (χ0v) is 26.4. The van der Waals surface area contributed by atoms with Gasteiger partial charge in [0, 0.05) is 22.1 Å². The Morgan fingerprint density at radius 3 is 1.47 bits per heavy atom. The number of alkyl halides is 9. The van der Waals surface area contributed by atoms with E-state index in [2.05, 4.69) is 4.18 Å². The van der Waals surface area contributed by atoms with Crippen LogP contribution in [0.3, 0.4) is 0 Å². The van der Waals surface area contributed by atoms with Crippen molar-refractivity contribution in [3.63, 3.8) is 0 Å². The molecule has 0 fully saturated rings. The van der Waals surface area contributed by atoms with Crippen molar-refractivity contribution in [2.75, 3.05) is 0 Å². The summed E-state index contributed by atoms with van der Waals surface area (Å²) in [5.41, 5.74) is 4.47. The Morgan fingerprint density at radius 1 is 0.490 bits per heavy atom. The van der Waals surface area contributed by atoms with Gasteiger partial charge in [-0.25, -0.2) is 9.97 Å². The van der Waals surface area contributed by atoms with Gasteiger partial charge in [0.25, 0.3) is 0 Å². The first-order chi connectivity index (χ1) is 23.9. The van der Waals surface area contributed by atoms with Crippen molar-refractivity contribution in [1.82, 2.24) is 9.97 Å². The van der Waals surface area contributed by atoms with Gasteiger partial charge in [-0.05, 0) is 34.7 Å². The van der Waals surface area contributed by atoms with Gasteiger partial charge in [0.1, 0.15) is 0 Å². The van der Waals surface area contributed by atoms with Gasteiger partial charge < -0.3 is 4.18 Å². The summed E-state index contributed by atoms with van der Waals surface area (Å²) in [6, 6.07) is 34.7. The molecule has 6 aromatic rings. The van der Waals surface area contributed by atoms with Gasteiger partial charge in [-0.1, -0.05) is 109 Å². The first-order valence-electron chi connectivity index (χ1n) is 14.7. The molecule has 0 unspecified atom stereocenters. The second-order valence-corrected chi connectivity index (χ2v) is 12.7. The molecule has 0 amide bonds. The van der Waals surface area contributed by atoms with Crippen LogP contribution in [0.4, 0.5) is 39.5 Å². The van der Waals surface area contributed by atoms with Gasteiger partial charge in [0.05, 0.1) is 11.4 Å². The van der Waals surface area contributed by atoms with Crippen LogP contribution in [0, 0.1) is 0 Å². The fourth-order valence-electron chi connectivity index (χ4n) is 5.17. The second-order valence-electron chi connectivity index (χ2n) is 11.1. The summed E-state index contributed by atoms with van der Waals surface area (Å²) < 4.78 is 150. The smallest absolute Gasteiger partial charge is 0.377 e. The van der Waals surface area contributed by atoms with E-state index in [-0.39, 0.29) is 10.8 Å². The minimum Gasteiger partial charge on any atom is -0.377 e. The molecule has 0 aliphatic carbocycles. The Bertz CT molecular complexity index is 2260. The largest absolute Gasteiger partial charge is 0.460 e. The predicted molar refractivity (Wildman–Crippen MR) is 172 cm³/mol. The lowest BCUT2D eigenvalue weighted by Gasteiger charge is -2.32. The summed E-state index contributed by atoms with van der Waals surface area (Å²) in [4.78, 5) is 9.51. The normalized spacial score (nSPS) is 13.0. The molecule has 0 saturated carbocycles. The van der Waals surface area contributed by atoms with E-state index in [4.69, 9.17) is 9.97 Å². The van der Waals surface area contributed by atoms with Gasteiger partial charge in [-0.15, -0.1) is 0 Å². The number of halogens is 9. The van der Waals surface area contributed by atoms with Crippen LogP contribution in [0.15, 0.2) is 127 Å². The van der Waals surface area contributed by atoms with E-state index in [9.17, 15) is 47.9 Å². The maximum Gasteiger partial charge on any atom is 0.460 e. The Labute approximate surface area is 284 Å². The standard InChI is InChI=1S/C36H21F9N2O3S/c37-33(38,35(41,42)43)34(39,40)36(44,45)51(48,49)50-31-20-19-26(27-13-7-8-14-28(27)31)22-15-17-25(18-16-22)32-46-29(23-9-3-1-4-10-23)21-30(47-32)24-11-5-2-6-12-24/h1-21H. The molecule has 6 rings (SSSR count). The van der Waals surface area contributed by atoms with Gasteiger partial charge in [0.2, 0.25) is 0 Å². The summed E-state index contributed by atoms with van der Waals surface area (Å²) in [6.45, 7) is 0. The SMILES string of the molecule is O=S(=O)(Oc1ccc(-c2ccc(-c3nc(-c4ccccc4)cc(-c4ccccc4)n3)cc2)c2ccccc12)C(F)(F)C(F)(F)C(F)(F)C(F)(F)F. The monoisotopic (exact) mass is 732 g/mol. The summed E-state index contributed by atoms with van der Waals surface area (Å²) in [5.74, 6) is -15.5.